The molecule has 2 saturated heterocycles. The normalized spacial score (nSPS) is 21.7. The van der Waals surface area contributed by atoms with Crippen LogP contribution in [0.15, 0.2) is 29.3 Å². The molecule has 0 aromatic heterocycles. The van der Waals surface area contributed by atoms with E-state index in [0.29, 0.717) is 11.6 Å². The van der Waals surface area contributed by atoms with Gasteiger partial charge in [-0.3, -0.25) is 4.99 Å². The van der Waals surface area contributed by atoms with Gasteiger partial charge in [-0.25, -0.2) is 4.39 Å². The summed E-state index contributed by atoms with van der Waals surface area (Å²) in [4.78, 5) is 11.7. The second kappa shape index (κ2) is 10.3. The predicted octanol–water partition coefficient (Wildman–Crippen LogP) is 2.48. The Kier molecular flexibility index (Phi) is 8.40. The highest BCUT2D eigenvalue weighted by molar-refractivity contribution is 14.0. The number of nitrogens with zero attached hydrogens (tertiary/aromatic N) is 4. The van der Waals surface area contributed by atoms with Crippen molar-refractivity contribution in [1.29, 1.82) is 0 Å². The Bertz CT molecular complexity index is 589. The van der Waals surface area contributed by atoms with Crippen LogP contribution in [0, 0.1) is 11.7 Å². The first-order chi connectivity index (χ1) is 12.2. The molecule has 1 aromatic rings. The second-order valence-corrected chi connectivity index (χ2v) is 7.04. The number of hydrogen-bond acceptors (Lipinski definition) is 3. The van der Waals surface area contributed by atoms with E-state index < -0.39 is 0 Å². The minimum Gasteiger partial charge on any atom is -0.366 e. The third kappa shape index (κ3) is 5.45. The van der Waals surface area contributed by atoms with Crippen molar-refractivity contribution in [2.24, 2.45) is 10.9 Å². The van der Waals surface area contributed by atoms with Crippen molar-refractivity contribution in [3.05, 3.63) is 30.1 Å². The summed E-state index contributed by atoms with van der Waals surface area (Å²) in [5, 5.41) is 3.42. The molecule has 0 spiro atoms. The third-order valence-electron chi connectivity index (χ3n) is 5.10. The van der Waals surface area contributed by atoms with Crippen molar-refractivity contribution in [3.8, 4) is 0 Å². The molecule has 7 heteroatoms. The molecule has 2 aliphatic heterocycles. The second-order valence-electron chi connectivity index (χ2n) is 7.04. The third-order valence-corrected chi connectivity index (χ3v) is 5.10. The molecular formula is C19H31FIN5. The Labute approximate surface area is 173 Å². The molecule has 1 aromatic carbocycles. The van der Waals surface area contributed by atoms with Gasteiger partial charge in [0.2, 0.25) is 0 Å². The number of hydrogen-bond donors (Lipinski definition) is 1. The molecular weight excluding hydrogens is 444 g/mol. The Morgan fingerprint density at radius 3 is 2.54 bits per heavy atom. The Hall–Kier alpha value is -1.09. The first kappa shape index (κ1) is 21.2. The van der Waals surface area contributed by atoms with E-state index in [1.807, 2.05) is 12.1 Å². The van der Waals surface area contributed by atoms with Crippen molar-refractivity contribution >= 4 is 35.6 Å². The van der Waals surface area contributed by atoms with Gasteiger partial charge in [-0.05, 0) is 45.0 Å². The smallest absolute Gasteiger partial charge is 0.194 e. The number of guanidine groups is 1. The molecule has 146 valence electrons. The van der Waals surface area contributed by atoms with E-state index in [1.165, 1.54) is 19.0 Å². The summed E-state index contributed by atoms with van der Waals surface area (Å²) in [7, 11) is 2.18. The van der Waals surface area contributed by atoms with Crippen LogP contribution in [-0.4, -0.2) is 75.2 Å². The van der Waals surface area contributed by atoms with Gasteiger partial charge < -0.3 is 20.0 Å². The molecule has 2 heterocycles. The van der Waals surface area contributed by atoms with E-state index >= 15 is 0 Å². The number of nitrogens with one attached hydrogen (secondary N) is 1. The number of rotatable bonds is 4. The van der Waals surface area contributed by atoms with Gasteiger partial charge in [-0.15, -0.1) is 24.0 Å². The van der Waals surface area contributed by atoms with Crippen molar-refractivity contribution in [1.82, 2.24) is 15.1 Å². The average Bonchev–Trinajstić information content (AvgIpc) is 3.05. The summed E-state index contributed by atoms with van der Waals surface area (Å²) in [6.07, 6.45) is 1.24. The molecule has 0 saturated carbocycles. The average molecular weight is 475 g/mol. The van der Waals surface area contributed by atoms with Crippen LogP contribution in [0.25, 0.3) is 0 Å². The Morgan fingerprint density at radius 2 is 1.92 bits per heavy atom. The van der Waals surface area contributed by atoms with Gasteiger partial charge in [0.15, 0.2) is 5.96 Å². The number of aliphatic imine (C=N–C) groups is 1. The van der Waals surface area contributed by atoms with Gasteiger partial charge in [0.25, 0.3) is 0 Å². The van der Waals surface area contributed by atoms with Crippen LogP contribution in [0.2, 0.25) is 0 Å². The molecule has 1 atom stereocenters. The molecule has 0 radical (unpaired) electrons. The van der Waals surface area contributed by atoms with Gasteiger partial charge in [0, 0.05) is 45.8 Å². The number of likely N-dealkylation sites (tertiary alicyclic amines) is 1. The number of halogens is 2. The van der Waals surface area contributed by atoms with Gasteiger partial charge in [-0.1, -0.05) is 12.1 Å². The molecule has 1 unspecified atom stereocenters. The zero-order valence-electron chi connectivity index (χ0n) is 15.8. The molecule has 0 bridgehead atoms. The molecule has 0 amide bonds. The highest BCUT2D eigenvalue weighted by Crippen LogP contribution is 2.20. The number of piperazine rings is 1. The van der Waals surface area contributed by atoms with Crippen LogP contribution in [0.3, 0.4) is 0 Å². The summed E-state index contributed by atoms with van der Waals surface area (Å²) in [5.74, 6) is 1.53. The lowest BCUT2D eigenvalue weighted by Gasteiger charge is -2.37. The highest BCUT2D eigenvalue weighted by Gasteiger charge is 2.23. The summed E-state index contributed by atoms with van der Waals surface area (Å²) >= 11 is 0. The molecule has 0 aliphatic carbocycles. The van der Waals surface area contributed by atoms with E-state index in [1.54, 1.807) is 6.07 Å². The summed E-state index contributed by atoms with van der Waals surface area (Å²) in [5.41, 5.74) is 0.707. The predicted molar refractivity (Wildman–Crippen MR) is 117 cm³/mol. The van der Waals surface area contributed by atoms with Gasteiger partial charge in [-0.2, -0.15) is 0 Å². The summed E-state index contributed by atoms with van der Waals surface area (Å²) in [6, 6.07) is 7.03. The van der Waals surface area contributed by atoms with Crippen LogP contribution < -0.4 is 10.2 Å². The van der Waals surface area contributed by atoms with E-state index in [0.717, 1.165) is 51.8 Å². The number of anilines is 1. The van der Waals surface area contributed by atoms with Crippen molar-refractivity contribution in [2.75, 3.05) is 64.3 Å². The standard InChI is InChI=1S/C19H30FN5.HI/c1-3-21-19(22-14-16-8-9-23(2)15-16)25-12-10-24(11-13-25)18-7-5-4-6-17(18)20;/h4-7,16H,3,8-15H2,1-2H3,(H,21,22);1H. The lowest BCUT2D eigenvalue weighted by atomic mass is 10.1. The monoisotopic (exact) mass is 475 g/mol. The highest BCUT2D eigenvalue weighted by atomic mass is 127. The fourth-order valence-electron chi connectivity index (χ4n) is 3.68. The maximum absolute atomic E-state index is 14.0. The number of benzene rings is 1. The van der Waals surface area contributed by atoms with Crippen LogP contribution in [0.1, 0.15) is 13.3 Å². The zero-order valence-corrected chi connectivity index (χ0v) is 18.2. The summed E-state index contributed by atoms with van der Waals surface area (Å²) < 4.78 is 14.0. The summed E-state index contributed by atoms with van der Waals surface area (Å²) in [6.45, 7) is 9.55. The zero-order chi connectivity index (χ0) is 17.6. The van der Waals surface area contributed by atoms with Gasteiger partial charge in [0.05, 0.1) is 5.69 Å². The van der Waals surface area contributed by atoms with E-state index in [2.05, 4.69) is 34.0 Å². The number of para-hydroxylation sites is 1. The van der Waals surface area contributed by atoms with Crippen LogP contribution in [-0.2, 0) is 0 Å². The molecule has 5 nitrogen and oxygen atoms in total. The SMILES string of the molecule is CCNC(=NCC1CCN(C)C1)N1CCN(c2ccccc2F)CC1.I. The van der Waals surface area contributed by atoms with Crippen molar-refractivity contribution < 1.29 is 4.39 Å². The van der Waals surface area contributed by atoms with Crippen LogP contribution in [0.4, 0.5) is 10.1 Å². The molecule has 3 rings (SSSR count). The molecule has 2 aliphatic rings. The van der Waals surface area contributed by atoms with E-state index in [9.17, 15) is 4.39 Å². The van der Waals surface area contributed by atoms with E-state index in [4.69, 9.17) is 4.99 Å². The quantitative estimate of drug-likeness (QED) is 0.413. The molecule has 1 N–H and O–H groups in total. The van der Waals surface area contributed by atoms with Crippen molar-refractivity contribution in [3.63, 3.8) is 0 Å². The lowest BCUT2D eigenvalue weighted by Crippen LogP contribution is -2.52. The molecule has 26 heavy (non-hydrogen) atoms. The fraction of sp³-hybridized carbons (Fsp3) is 0.632. The minimum atomic E-state index is -0.137. The molecule has 2 fully saturated rings. The Morgan fingerprint density at radius 1 is 1.19 bits per heavy atom. The van der Waals surface area contributed by atoms with Crippen LogP contribution in [0.5, 0.6) is 0 Å². The topological polar surface area (TPSA) is 34.1 Å². The lowest BCUT2D eigenvalue weighted by molar-refractivity contribution is 0.367. The Balaban J connectivity index is 0.00000243. The van der Waals surface area contributed by atoms with Crippen molar-refractivity contribution in [2.45, 2.75) is 13.3 Å². The maximum atomic E-state index is 14.0. The van der Waals surface area contributed by atoms with E-state index in [-0.39, 0.29) is 29.8 Å². The van der Waals surface area contributed by atoms with Gasteiger partial charge >= 0.3 is 0 Å². The fourth-order valence-corrected chi connectivity index (χ4v) is 3.68. The van der Waals surface area contributed by atoms with Gasteiger partial charge in [0.1, 0.15) is 5.82 Å². The maximum Gasteiger partial charge on any atom is 0.194 e. The first-order valence-corrected chi connectivity index (χ1v) is 9.38. The largest absolute Gasteiger partial charge is 0.366 e. The minimum absolute atomic E-state index is 0. The first-order valence-electron chi connectivity index (χ1n) is 9.38. The van der Waals surface area contributed by atoms with Crippen LogP contribution >= 0.6 is 24.0 Å².